The van der Waals surface area contributed by atoms with Gasteiger partial charge >= 0.3 is 5.97 Å². The van der Waals surface area contributed by atoms with Gasteiger partial charge in [0.1, 0.15) is 17.5 Å². The number of halogens is 2. The zero-order valence-electron chi connectivity index (χ0n) is 12.7. The Labute approximate surface area is 136 Å². The molecule has 0 spiro atoms. The first-order valence-corrected chi connectivity index (χ1v) is 7.52. The van der Waals surface area contributed by atoms with E-state index in [2.05, 4.69) is 5.10 Å². The monoisotopic (exact) mass is 335 g/mol. The van der Waals surface area contributed by atoms with Gasteiger partial charge in [-0.15, -0.1) is 0 Å². The van der Waals surface area contributed by atoms with Gasteiger partial charge in [-0.2, -0.15) is 5.10 Å². The second kappa shape index (κ2) is 6.38. The molecule has 1 N–H and O–H groups in total. The van der Waals surface area contributed by atoms with Crippen LogP contribution in [-0.4, -0.2) is 44.3 Å². The van der Waals surface area contributed by atoms with Crippen molar-refractivity contribution >= 4 is 11.9 Å². The first-order valence-electron chi connectivity index (χ1n) is 7.52. The van der Waals surface area contributed by atoms with Gasteiger partial charge < -0.3 is 10.0 Å². The van der Waals surface area contributed by atoms with E-state index >= 15 is 0 Å². The van der Waals surface area contributed by atoms with Crippen molar-refractivity contribution < 1.29 is 23.5 Å². The number of hydrogen-bond acceptors (Lipinski definition) is 3. The fourth-order valence-electron chi connectivity index (χ4n) is 2.82. The number of nitrogens with zero attached hydrogens (tertiary/aromatic N) is 3. The molecule has 3 rings (SSSR count). The van der Waals surface area contributed by atoms with Crippen molar-refractivity contribution in [1.82, 2.24) is 14.7 Å². The molecule has 8 heteroatoms. The fraction of sp³-hybridized carbons (Fsp3) is 0.312. The smallest absolute Gasteiger partial charge is 0.326 e. The van der Waals surface area contributed by atoms with Gasteiger partial charge in [0.2, 0.25) is 0 Å². The van der Waals surface area contributed by atoms with E-state index in [-0.39, 0.29) is 11.4 Å². The number of hydrogen-bond donors (Lipinski definition) is 1. The van der Waals surface area contributed by atoms with Crippen molar-refractivity contribution in [2.45, 2.75) is 25.3 Å². The normalized spacial score (nSPS) is 17.8. The first kappa shape index (κ1) is 16.1. The second-order valence-corrected chi connectivity index (χ2v) is 5.59. The quantitative estimate of drug-likeness (QED) is 0.933. The molecule has 1 aromatic carbocycles. The van der Waals surface area contributed by atoms with Gasteiger partial charge in [0.15, 0.2) is 11.5 Å². The van der Waals surface area contributed by atoms with Crippen LogP contribution in [-0.2, 0) is 4.79 Å². The number of likely N-dealkylation sites (tertiary alicyclic amines) is 1. The Kier molecular flexibility index (Phi) is 4.28. The predicted octanol–water partition coefficient (Wildman–Crippen LogP) is 2.23. The lowest BCUT2D eigenvalue weighted by Gasteiger charge is -2.32. The van der Waals surface area contributed by atoms with Gasteiger partial charge in [-0.05, 0) is 37.5 Å². The summed E-state index contributed by atoms with van der Waals surface area (Å²) in [5, 5.41) is 13.3. The maximum absolute atomic E-state index is 13.8. The van der Waals surface area contributed by atoms with Gasteiger partial charge in [0.25, 0.3) is 5.91 Å². The number of amides is 1. The first-order chi connectivity index (χ1) is 11.5. The minimum absolute atomic E-state index is 0.00359. The Morgan fingerprint density at radius 2 is 2.00 bits per heavy atom. The van der Waals surface area contributed by atoms with Gasteiger partial charge in [-0.1, -0.05) is 0 Å². The zero-order valence-corrected chi connectivity index (χ0v) is 12.7. The van der Waals surface area contributed by atoms with E-state index in [0.717, 1.165) is 29.7 Å². The molecule has 0 radical (unpaired) electrons. The lowest BCUT2D eigenvalue weighted by atomic mass is 10.0. The molecular weight excluding hydrogens is 320 g/mol. The van der Waals surface area contributed by atoms with Gasteiger partial charge in [0.05, 0.1) is 0 Å². The molecule has 0 bridgehead atoms. The van der Waals surface area contributed by atoms with E-state index in [1.54, 1.807) is 0 Å². The van der Waals surface area contributed by atoms with Crippen LogP contribution in [0.25, 0.3) is 5.69 Å². The van der Waals surface area contributed by atoms with Crippen LogP contribution in [0.4, 0.5) is 8.78 Å². The van der Waals surface area contributed by atoms with E-state index in [9.17, 15) is 23.5 Å². The van der Waals surface area contributed by atoms with Crippen LogP contribution in [0.1, 0.15) is 29.8 Å². The van der Waals surface area contributed by atoms with Crippen LogP contribution in [0.15, 0.2) is 30.5 Å². The van der Waals surface area contributed by atoms with E-state index in [0.29, 0.717) is 13.0 Å². The number of rotatable bonds is 3. The molecule has 2 heterocycles. The van der Waals surface area contributed by atoms with E-state index in [1.165, 1.54) is 23.2 Å². The van der Waals surface area contributed by atoms with E-state index < -0.39 is 29.6 Å². The zero-order chi connectivity index (χ0) is 17.3. The summed E-state index contributed by atoms with van der Waals surface area (Å²) in [6, 6.07) is 3.54. The fourth-order valence-corrected chi connectivity index (χ4v) is 2.82. The van der Waals surface area contributed by atoms with Crippen molar-refractivity contribution in [2.24, 2.45) is 0 Å². The second-order valence-electron chi connectivity index (χ2n) is 5.59. The van der Waals surface area contributed by atoms with Crippen molar-refractivity contribution in [3.8, 4) is 5.69 Å². The summed E-state index contributed by atoms with van der Waals surface area (Å²) in [6.45, 7) is 0.341. The Morgan fingerprint density at radius 3 is 2.71 bits per heavy atom. The number of carboxylic acids is 1. The Bertz CT molecular complexity index is 791. The topological polar surface area (TPSA) is 75.4 Å². The van der Waals surface area contributed by atoms with Gasteiger partial charge in [-0.3, -0.25) is 4.79 Å². The van der Waals surface area contributed by atoms with Crippen LogP contribution in [0.5, 0.6) is 0 Å². The summed E-state index contributed by atoms with van der Waals surface area (Å²) in [5.74, 6) is -3.08. The molecule has 1 aromatic heterocycles. The summed E-state index contributed by atoms with van der Waals surface area (Å²) in [7, 11) is 0. The van der Waals surface area contributed by atoms with Crippen molar-refractivity contribution in [3.63, 3.8) is 0 Å². The molecule has 1 atom stereocenters. The molecule has 1 amide bonds. The molecule has 6 nitrogen and oxygen atoms in total. The third-order valence-corrected chi connectivity index (χ3v) is 4.01. The molecule has 2 aromatic rings. The Morgan fingerprint density at radius 1 is 1.21 bits per heavy atom. The molecular formula is C16H15F2N3O3. The summed E-state index contributed by atoms with van der Waals surface area (Å²) >= 11 is 0. The highest BCUT2D eigenvalue weighted by Crippen LogP contribution is 2.20. The highest BCUT2D eigenvalue weighted by Gasteiger charge is 2.33. The molecule has 1 unspecified atom stereocenters. The lowest BCUT2D eigenvalue weighted by Crippen LogP contribution is -2.48. The number of aliphatic carboxylic acids is 1. The maximum atomic E-state index is 13.8. The maximum Gasteiger partial charge on any atom is 0.326 e. The van der Waals surface area contributed by atoms with Gasteiger partial charge in [0, 0.05) is 18.8 Å². The highest BCUT2D eigenvalue weighted by molar-refractivity contribution is 5.95. The van der Waals surface area contributed by atoms with Crippen molar-refractivity contribution in [2.75, 3.05) is 6.54 Å². The van der Waals surface area contributed by atoms with Crippen LogP contribution in [0.2, 0.25) is 0 Å². The lowest BCUT2D eigenvalue weighted by molar-refractivity contribution is -0.143. The molecule has 0 saturated carbocycles. The number of carbonyl (C=O) groups excluding carboxylic acids is 1. The van der Waals surface area contributed by atoms with Crippen LogP contribution < -0.4 is 0 Å². The SMILES string of the molecule is O=C(O)C1CCCCN1C(=O)c1ccn(-c2ccc(F)cc2F)n1. The molecule has 1 saturated heterocycles. The summed E-state index contributed by atoms with van der Waals surface area (Å²) in [5.41, 5.74) is 0.0238. The van der Waals surface area contributed by atoms with Gasteiger partial charge in [-0.25, -0.2) is 18.3 Å². The minimum atomic E-state index is -1.05. The Hall–Kier alpha value is -2.77. The summed E-state index contributed by atoms with van der Waals surface area (Å²) in [6.07, 6.45) is 3.25. The summed E-state index contributed by atoms with van der Waals surface area (Å²) in [4.78, 5) is 25.1. The molecule has 1 fully saturated rings. The highest BCUT2D eigenvalue weighted by atomic mass is 19.1. The Balaban J connectivity index is 1.87. The van der Waals surface area contributed by atoms with E-state index in [1.807, 2.05) is 0 Å². The van der Waals surface area contributed by atoms with Crippen molar-refractivity contribution in [1.29, 1.82) is 0 Å². The molecule has 24 heavy (non-hydrogen) atoms. The van der Waals surface area contributed by atoms with E-state index in [4.69, 9.17) is 0 Å². The molecule has 126 valence electrons. The predicted molar refractivity (Wildman–Crippen MR) is 79.8 cm³/mol. The minimum Gasteiger partial charge on any atom is -0.480 e. The summed E-state index contributed by atoms with van der Waals surface area (Å²) < 4.78 is 27.9. The molecule has 1 aliphatic heterocycles. The number of benzene rings is 1. The number of carboxylic acid groups (broad SMARTS) is 1. The molecule has 0 aliphatic carbocycles. The average Bonchev–Trinajstić information content (AvgIpc) is 3.03. The molecule has 1 aliphatic rings. The number of aromatic nitrogens is 2. The van der Waals surface area contributed by atoms with Crippen LogP contribution in [0.3, 0.4) is 0 Å². The number of piperidine rings is 1. The third kappa shape index (κ3) is 2.99. The number of carbonyl (C=O) groups is 2. The average molecular weight is 335 g/mol. The van der Waals surface area contributed by atoms with Crippen LogP contribution in [0, 0.1) is 11.6 Å². The standard InChI is InChI=1S/C16H15F2N3O3/c17-10-4-5-13(11(18)9-10)21-8-6-12(19-21)15(22)20-7-2-1-3-14(20)16(23)24/h4-6,8-9,14H,1-3,7H2,(H,23,24). The van der Waals surface area contributed by atoms with Crippen molar-refractivity contribution in [3.05, 3.63) is 47.8 Å². The third-order valence-electron chi connectivity index (χ3n) is 4.01. The largest absolute Gasteiger partial charge is 0.480 e. The van der Waals surface area contributed by atoms with Crippen LogP contribution >= 0.6 is 0 Å².